The van der Waals surface area contributed by atoms with E-state index in [2.05, 4.69) is 10.6 Å². The van der Waals surface area contributed by atoms with Gasteiger partial charge in [-0.1, -0.05) is 72.8 Å². The maximum absolute atomic E-state index is 12.9. The van der Waals surface area contributed by atoms with Gasteiger partial charge in [0.15, 0.2) is 0 Å². The van der Waals surface area contributed by atoms with Crippen LogP contribution in [-0.4, -0.2) is 47.3 Å². The van der Waals surface area contributed by atoms with Gasteiger partial charge in [-0.05, 0) is 36.1 Å². The van der Waals surface area contributed by atoms with Crippen molar-refractivity contribution in [3.8, 4) is 0 Å². The summed E-state index contributed by atoms with van der Waals surface area (Å²) >= 11 is 0. The topological polar surface area (TPSA) is 98.7 Å². The van der Waals surface area contributed by atoms with E-state index in [4.69, 9.17) is 0 Å². The van der Waals surface area contributed by atoms with Crippen molar-refractivity contribution in [2.45, 2.75) is 24.9 Å². The first-order chi connectivity index (χ1) is 15.6. The minimum atomic E-state index is -0.482. The molecule has 2 atom stereocenters. The van der Waals surface area contributed by atoms with Crippen LogP contribution in [0.4, 0.5) is 0 Å². The fourth-order valence-corrected chi connectivity index (χ4v) is 3.53. The third-order valence-electron chi connectivity index (χ3n) is 5.18. The molecule has 0 aliphatic heterocycles. The highest BCUT2D eigenvalue weighted by Crippen LogP contribution is 2.12. The van der Waals surface area contributed by atoms with Gasteiger partial charge < -0.3 is 20.8 Å². The predicted octanol–water partition coefficient (Wildman–Crippen LogP) is 2.35. The van der Waals surface area contributed by atoms with Gasteiger partial charge in [-0.25, -0.2) is 0 Å². The molecule has 0 fully saturated rings. The van der Waals surface area contributed by atoms with Crippen molar-refractivity contribution < 1.29 is 19.8 Å². The molecular formula is C26H28N2O4. The molecule has 0 heterocycles. The van der Waals surface area contributed by atoms with Gasteiger partial charge in [-0.15, -0.1) is 0 Å². The van der Waals surface area contributed by atoms with Crippen LogP contribution >= 0.6 is 0 Å². The zero-order valence-corrected chi connectivity index (χ0v) is 17.8. The molecule has 4 N–H and O–H groups in total. The van der Waals surface area contributed by atoms with Crippen LogP contribution in [0, 0.1) is 0 Å². The predicted molar refractivity (Wildman–Crippen MR) is 123 cm³/mol. The zero-order chi connectivity index (χ0) is 22.8. The monoisotopic (exact) mass is 432 g/mol. The Morgan fingerprint density at radius 1 is 0.594 bits per heavy atom. The Labute approximate surface area is 187 Å². The number of hydrogen-bond acceptors (Lipinski definition) is 4. The van der Waals surface area contributed by atoms with Gasteiger partial charge in [0.05, 0.1) is 36.4 Å². The maximum atomic E-state index is 12.9. The highest BCUT2D eigenvalue weighted by molar-refractivity contribution is 6.07. The molecule has 6 nitrogen and oxygen atoms in total. The molecule has 6 heteroatoms. The largest absolute Gasteiger partial charge is 0.394 e. The zero-order valence-electron chi connectivity index (χ0n) is 17.8. The SMILES string of the molecule is O=C(N[C@H](CO)Cc1ccccc1)c1ccccc1C(=O)N[C@H](CO)Cc1ccccc1. The number of aliphatic hydroxyl groups excluding tert-OH is 2. The Bertz CT molecular complexity index is 926. The highest BCUT2D eigenvalue weighted by atomic mass is 16.3. The summed E-state index contributed by atoms with van der Waals surface area (Å²) in [6.45, 7) is -0.447. The summed E-state index contributed by atoms with van der Waals surface area (Å²) in [4.78, 5) is 25.8. The van der Waals surface area contributed by atoms with E-state index in [0.717, 1.165) is 11.1 Å². The fraction of sp³-hybridized carbons (Fsp3) is 0.231. The van der Waals surface area contributed by atoms with Crippen LogP contribution in [0.25, 0.3) is 0 Å². The van der Waals surface area contributed by atoms with E-state index in [0.29, 0.717) is 12.8 Å². The third-order valence-corrected chi connectivity index (χ3v) is 5.18. The molecule has 3 aromatic rings. The second-order valence-electron chi connectivity index (χ2n) is 7.63. The number of aliphatic hydroxyl groups is 2. The van der Waals surface area contributed by atoms with Crippen molar-refractivity contribution in [1.82, 2.24) is 10.6 Å². The summed E-state index contributed by atoms with van der Waals surface area (Å²) in [5.41, 5.74) is 2.41. The van der Waals surface area contributed by atoms with E-state index < -0.39 is 23.9 Å². The second kappa shape index (κ2) is 11.8. The van der Waals surface area contributed by atoms with Crippen molar-refractivity contribution in [2.75, 3.05) is 13.2 Å². The van der Waals surface area contributed by atoms with Crippen LogP contribution in [0.15, 0.2) is 84.9 Å². The quantitative estimate of drug-likeness (QED) is 0.395. The molecule has 0 aliphatic rings. The van der Waals surface area contributed by atoms with Crippen LogP contribution in [0.2, 0.25) is 0 Å². The number of carbonyl (C=O) groups excluding carboxylic acids is 2. The Morgan fingerprint density at radius 3 is 1.28 bits per heavy atom. The summed E-state index contributed by atoms with van der Waals surface area (Å²) in [7, 11) is 0. The molecule has 0 saturated carbocycles. The molecule has 2 amide bonds. The molecule has 3 rings (SSSR count). The minimum absolute atomic E-state index is 0.216. The summed E-state index contributed by atoms with van der Waals surface area (Å²) in [6, 6.07) is 24.7. The average molecular weight is 433 g/mol. The number of amides is 2. The third kappa shape index (κ3) is 6.51. The number of benzene rings is 3. The first-order valence-corrected chi connectivity index (χ1v) is 10.6. The highest BCUT2D eigenvalue weighted by Gasteiger charge is 2.21. The molecule has 0 aliphatic carbocycles. The van der Waals surface area contributed by atoms with Gasteiger partial charge in [0.25, 0.3) is 11.8 Å². The van der Waals surface area contributed by atoms with E-state index in [1.165, 1.54) is 0 Å². The average Bonchev–Trinajstić information content (AvgIpc) is 2.84. The molecule has 32 heavy (non-hydrogen) atoms. The van der Waals surface area contributed by atoms with Crippen molar-refractivity contribution in [1.29, 1.82) is 0 Å². The first kappa shape index (κ1) is 23.2. The number of hydrogen-bond donors (Lipinski definition) is 4. The van der Waals surface area contributed by atoms with Crippen LogP contribution in [0.5, 0.6) is 0 Å². The molecule has 0 unspecified atom stereocenters. The molecular weight excluding hydrogens is 404 g/mol. The lowest BCUT2D eigenvalue weighted by Gasteiger charge is -2.19. The van der Waals surface area contributed by atoms with Crippen molar-refractivity contribution >= 4 is 11.8 Å². The standard InChI is InChI=1S/C26H28N2O4/c29-17-21(15-19-9-3-1-4-10-19)27-25(31)23-13-7-8-14-24(23)26(32)28-22(18-30)16-20-11-5-2-6-12-20/h1-14,21-22,29-30H,15-18H2,(H,27,31)(H,28,32)/t21-,22-/m0/s1. The maximum Gasteiger partial charge on any atom is 0.252 e. The van der Waals surface area contributed by atoms with E-state index in [1.807, 2.05) is 60.7 Å². The summed E-state index contributed by atoms with van der Waals surface area (Å²) in [5, 5.41) is 25.1. The van der Waals surface area contributed by atoms with Crippen LogP contribution in [0.1, 0.15) is 31.8 Å². The lowest BCUT2D eigenvalue weighted by molar-refractivity contribution is 0.0882. The van der Waals surface area contributed by atoms with Gasteiger partial charge in [0.2, 0.25) is 0 Å². The summed E-state index contributed by atoms with van der Waals surface area (Å²) < 4.78 is 0. The van der Waals surface area contributed by atoms with Gasteiger partial charge in [0, 0.05) is 0 Å². The number of rotatable bonds is 10. The van der Waals surface area contributed by atoms with E-state index in [1.54, 1.807) is 24.3 Å². The Kier molecular flexibility index (Phi) is 8.54. The minimum Gasteiger partial charge on any atom is -0.394 e. The molecule has 166 valence electrons. The van der Waals surface area contributed by atoms with Gasteiger partial charge in [0.1, 0.15) is 0 Å². The van der Waals surface area contributed by atoms with Gasteiger partial charge in [-0.3, -0.25) is 9.59 Å². The molecule has 0 bridgehead atoms. The number of nitrogens with one attached hydrogen (secondary N) is 2. The first-order valence-electron chi connectivity index (χ1n) is 10.6. The lowest BCUT2D eigenvalue weighted by atomic mass is 10.0. The molecule has 3 aromatic carbocycles. The number of carbonyl (C=O) groups is 2. The van der Waals surface area contributed by atoms with Crippen molar-refractivity contribution in [3.63, 3.8) is 0 Å². The van der Waals surface area contributed by atoms with E-state index >= 15 is 0 Å². The van der Waals surface area contributed by atoms with Crippen LogP contribution in [0.3, 0.4) is 0 Å². The lowest BCUT2D eigenvalue weighted by Crippen LogP contribution is -2.42. The molecule has 0 aromatic heterocycles. The Balaban J connectivity index is 1.69. The Hall–Kier alpha value is -3.48. The van der Waals surface area contributed by atoms with E-state index in [-0.39, 0.29) is 24.3 Å². The molecule has 0 radical (unpaired) electrons. The molecule has 0 saturated heterocycles. The second-order valence-corrected chi connectivity index (χ2v) is 7.63. The smallest absolute Gasteiger partial charge is 0.252 e. The fourth-order valence-electron chi connectivity index (χ4n) is 3.53. The normalized spacial score (nSPS) is 12.6. The van der Waals surface area contributed by atoms with Crippen molar-refractivity contribution in [2.24, 2.45) is 0 Å². The van der Waals surface area contributed by atoms with Crippen molar-refractivity contribution in [3.05, 3.63) is 107 Å². The molecule has 0 spiro atoms. The van der Waals surface area contributed by atoms with Crippen LogP contribution < -0.4 is 10.6 Å². The van der Waals surface area contributed by atoms with E-state index in [9.17, 15) is 19.8 Å². The summed E-state index contributed by atoms with van der Waals surface area (Å²) in [5.74, 6) is -0.872. The van der Waals surface area contributed by atoms with Gasteiger partial charge >= 0.3 is 0 Å². The Morgan fingerprint density at radius 2 is 0.938 bits per heavy atom. The summed E-state index contributed by atoms with van der Waals surface area (Å²) in [6.07, 6.45) is 0.947. The van der Waals surface area contributed by atoms with Gasteiger partial charge in [-0.2, -0.15) is 0 Å². The van der Waals surface area contributed by atoms with Crippen LogP contribution in [-0.2, 0) is 12.8 Å².